The molecule has 0 amide bonds. The molecule has 0 fully saturated rings. The number of hydrogen-bond acceptors (Lipinski definition) is 2. The smallest absolute Gasteiger partial charge is 0.192 e. The van der Waals surface area contributed by atoms with E-state index < -0.39 is 8.32 Å². The summed E-state index contributed by atoms with van der Waals surface area (Å²) in [7, 11) is 0.173. The monoisotopic (exact) mass is 218 g/mol. The van der Waals surface area contributed by atoms with Gasteiger partial charge in [-0.3, -0.25) is 0 Å². The highest BCUT2D eigenvalue weighted by molar-refractivity contribution is 6.74. The van der Waals surface area contributed by atoms with Gasteiger partial charge in [-0.25, -0.2) is 0 Å². The van der Waals surface area contributed by atoms with Gasteiger partial charge in [0.2, 0.25) is 0 Å². The van der Waals surface area contributed by atoms with Crippen LogP contribution in [0.4, 0.5) is 0 Å². The van der Waals surface area contributed by atoms with E-state index in [1.165, 1.54) is 0 Å². The fraction of sp³-hybridized carbons (Fsp3) is 1.00. The van der Waals surface area contributed by atoms with Gasteiger partial charge >= 0.3 is 0 Å². The zero-order valence-electron chi connectivity index (χ0n) is 10.8. The summed E-state index contributed by atoms with van der Waals surface area (Å²) in [6.07, 6.45) is 1.27. The van der Waals surface area contributed by atoms with Crippen LogP contribution >= 0.6 is 0 Å². The Morgan fingerprint density at radius 2 is 1.71 bits per heavy atom. The second kappa shape index (κ2) is 5.28. The molecule has 1 atom stereocenters. The number of methoxy groups -OCH3 is 1. The fourth-order valence-corrected chi connectivity index (χ4v) is 1.91. The Morgan fingerprint density at radius 1 is 1.21 bits per heavy atom. The Bertz CT molecular complexity index is 157. The summed E-state index contributed by atoms with van der Waals surface area (Å²) in [4.78, 5) is 0. The van der Waals surface area contributed by atoms with E-state index >= 15 is 0 Å². The van der Waals surface area contributed by atoms with Crippen LogP contribution < -0.4 is 0 Å². The van der Waals surface area contributed by atoms with Gasteiger partial charge in [-0.05, 0) is 24.6 Å². The molecule has 1 unspecified atom stereocenters. The molecular formula is C11H26O2Si. The lowest BCUT2D eigenvalue weighted by Crippen LogP contribution is -2.42. The SMILES string of the molecule is CCC(CO[Si](C)(C)C(C)(C)C)OC. The molecule has 0 aromatic carbocycles. The van der Waals surface area contributed by atoms with Gasteiger partial charge in [0.1, 0.15) is 0 Å². The minimum Gasteiger partial charge on any atom is -0.414 e. The predicted octanol–water partition coefficient (Wildman–Crippen LogP) is 3.43. The number of ether oxygens (including phenoxy) is 1. The first kappa shape index (κ1) is 14.1. The minimum absolute atomic E-state index is 0.254. The van der Waals surface area contributed by atoms with Crippen LogP contribution in [-0.2, 0) is 9.16 Å². The minimum atomic E-state index is -1.58. The maximum Gasteiger partial charge on any atom is 0.192 e. The van der Waals surface area contributed by atoms with Gasteiger partial charge in [0, 0.05) is 7.11 Å². The van der Waals surface area contributed by atoms with Crippen molar-refractivity contribution < 1.29 is 9.16 Å². The van der Waals surface area contributed by atoms with Gasteiger partial charge in [-0.1, -0.05) is 27.7 Å². The summed E-state index contributed by atoms with van der Waals surface area (Å²) >= 11 is 0. The van der Waals surface area contributed by atoms with Crippen LogP contribution in [0.1, 0.15) is 34.1 Å². The van der Waals surface area contributed by atoms with Crippen molar-refractivity contribution in [1.82, 2.24) is 0 Å². The third-order valence-electron chi connectivity index (χ3n) is 3.22. The van der Waals surface area contributed by atoms with Crippen molar-refractivity contribution in [2.75, 3.05) is 13.7 Å². The summed E-state index contributed by atoms with van der Waals surface area (Å²) in [5.74, 6) is 0. The lowest BCUT2D eigenvalue weighted by atomic mass is 10.2. The molecule has 0 N–H and O–H groups in total. The average Bonchev–Trinajstić information content (AvgIpc) is 2.04. The Hall–Kier alpha value is 0.137. The molecule has 0 saturated carbocycles. The van der Waals surface area contributed by atoms with Crippen LogP contribution in [0.2, 0.25) is 18.1 Å². The van der Waals surface area contributed by atoms with Crippen molar-refractivity contribution in [1.29, 1.82) is 0 Å². The number of hydrogen-bond donors (Lipinski definition) is 0. The standard InChI is InChI=1S/C11H26O2Si/c1-8-10(12-5)9-13-14(6,7)11(2,3)4/h10H,8-9H2,1-7H3. The number of rotatable bonds is 5. The lowest BCUT2D eigenvalue weighted by Gasteiger charge is -2.37. The molecule has 0 radical (unpaired) electrons. The largest absolute Gasteiger partial charge is 0.414 e. The highest BCUT2D eigenvalue weighted by Gasteiger charge is 2.37. The summed E-state index contributed by atoms with van der Waals surface area (Å²) in [5.41, 5.74) is 0. The van der Waals surface area contributed by atoms with Gasteiger partial charge < -0.3 is 9.16 Å². The molecule has 0 saturated heterocycles. The van der Waals surface area contributed by atoms with Gasteiger partial charge in [0.05, 0.1) is 12.7 Å². The Kier molecular flexibility index (Phi) is 5.34. The van der Waals surface area contributed by atoms with Crippen molar-refractivity contribution in [3.05, 3.63) is 0 Å². The topological polar surface area (TPSA) is 18.5 Å². The first-order valence-corrected chi connectivity index (χ1v) is 8.32. The molecule has 0 aliphatic rings. The molecule has 0 aliphatic heterocycles. The molecule has 2 nitrogen and oxygen atoms in total. The average molecular weight is 218 g/mol. The van der Waals surface area contributed by atoms with E-state index in [0.29, 0.717) is 5.04 Å². The molecule has 0 bridgehead atoms. The first-order chi connectivity index (χ1) is 6.24. The maximum atomic E-state index is 6.05. The second-order valence-electron chi connectivity index (χ2n) is 5.34. The zero-order valence-corrected chi connectivity index (χ0v) is 11.8. The van der Waals surface area contributed by atoms with E-state index in [1.807, 2.05) is 0 Å². The van der Waals surface area contributed by atoms with Crippen molar-refractivity contribution in [3.8, 4) is 0 Å². The van der Waals surface area contributed by atoms with Crippen LogP contribution in [0.15, 0.2) is 0 Å². The zero-order chi connectivity index (χ0) is 11.4. The van der Waals surface area contributed by atoms with E-state index in [1.54, 1.807) is 7.11 Å². The van der Waals surface area contributed by atoms with Gasteiger partial charge in [-0.15, -0.1) is 0 Å². The van der Waals surface area contributed by atoms with Crippen LogP contribution in [0.3, 0.4) is 0 Å². The van der Waals surface area contributed by atoms with E-state index in [2.05, 4.69) is 40.8 Å². The Morgan fingerprint density at radius 3 is 2.00 bits per heavy atom. The van der Waals surface area contributed by atoms with Crippen molar-refractivity contribution in [3.63, 3.8) is 0 Å². The molecule has 0 spiro atoms. The molecule has 86 valence electrons. The van der Waals surface area contributed by atoms with E-state index in [0.717, 1.165) is 13.0 Å². The van der Waals surface area contributed by atoms with Crippen molar-refractivity contribution in [2.24, 2.45) is 0 Å². The quantitative estimate of drug-likeness (QED) is 0.658. The molecule has 14 heavy (non-hydrogen) atoms. The Labute approximate surface area is 90.1 Å². The molecule has 0 aliphatic carbocycles. The lowest BCUT2D eigenvalue weighted by molar-refractivity contribution is 0.0507. The van der Waals surface area contributed by atoms with Crippen LogP contribution in [0.25, 0.3) is 0 Å². The predicted molar refractivity (Wildman–Crippen MR) is 64.2 cm³/mol. The molecule has 0 aromatic rings. The third kappa shape index (κ3) is 4.11. The Balaban J connectivity index is 4.11. The second-order valence-corrected chi connectivity index (χ2v) is 10.1. The molecule has 0 aromatic heterocycles. The highest BCUT2D eigenvalue weighted by Crippen LogP contribution is 2.36. The fourth-order valence-electron chi connectivity index (χ4n) is 0.870. The van der Waals surface area contributed by atoms with Crippen molar-refractivity contribution >= 4 is 8.32 Å². The van der Waals surface area contributed by atoms with E-state index in [-0.39, 0.29) is 6.10 Å². The summed E-state index contributed by atoms with van der Waals surface area (Å²) < 4.78 is 11.4. The normalized spacial score (nSPS) is 15.6. The highest BCUT2D eigenvalue weighted by atomic mass is 28.4. The third-order valence-corrected chi connectivity index (χ3v) is 7.73. The van der Waals surface area contributed by atoms with E-state index in [9.17, 15) is 0 Å². The first-order valence-electron chi connectivity index (χ1n) is 5.41. The van der Waals surface area contributed by atoms with E-state index in [4.69, 9.17) is 9.16 Å². The van der Waals surface area contributed by atoms with Gasteiger partial charge in [0.25, 0.3) is 0 Å². The van der Waals surface area contributed by atoms with Crippen LogP contribution in [0, 0.1) is 0 Å². The summed E-state index contributed by atoms with van der Waals surface area (Å²) in [5, 5.41) is 0.291. The summed E-state index contributed by atoms with van der Waals surface area (Å²) in [6.45, 7) is 14.2. The molecule has 0 rings (SSSR count). The van der Waals surface area contributed by atoms with Crippen LogP contribution in [0.5, 0.6) is 0 Å². The van der Waals surface area contributed by atoms with Crippen LogP contribution in [-0.4, -0.2) is 28.1 Å². The van der Waals surface area contributed by atoms with Gasteiger partial charge in [0.15, 0.2) is 8.32 Å². The molecule has 3 heteroatoms. The van der Waals surface area contributed by atoms with Crippen molar-refractivity contribution in [2.45, 2.75) is 58.4 Å². The van der Waals surface area contributed by atoms with Gasteiger partial charge in [-0.2, -0.15) is 0 Å². The summed E-state index contributed by atoms with van der Waals surface area (Å²) in [6, 6.07) is 0. The maximum absolute atomic E-state index is 6.05. The molecular weight excluding hydrogens is 192 g/mol. The molecule has 0 heterocycles.